The molecule has 44 heavy (non-hydrogen) atoms. The molecular weight excluding hydrogens is 565 g/mol. The second-order valence-electron chi connectivity index (χ2n) is 10.2. The molecule has 1 aromatic heterocycles. The maximum absolute atomic E-state index is 14.9. The molecule has 0 saturated carbocycles. The van der Waals surface area contributed by atoms with E-state index in [0.29, 0.717) is 46.6 Å². The number of carbonyl (C=O) groups excluding carboxylic acids is 2. The van der Waals surface area contributed by atoms with Gasteiger partial charge in [0.25, 0.3) is 0 Å². The minimum atomic E-state index is -0.633. The van der Waals surface area contributed by atoms with Crippen molar-refractivity contribution < 1.29 is 23.5 Å². The van der Waals surface area contributed by atoms with Crippen molar-refractivity contribution in [2.45, 2.75) is 39.8 Å². The highest BCUT2D eigenvalue weighted by Gasteiger charge is 2.34. The van der Waals surface area contributed by atoms with Gasteiger partial charge in [0.15, 0.2) is 0 Å². The lowest BCUT2D eigenvalue weighted by atomic mass is 10.1. The Bertz CT molecular complexity index is 1460. The fourth-order valence-corrected chi connectivity index (χ4v) is 4.92. The number of unbranched alkanes of at least 4 members (excludes halogenated alkanes) is 1. The number of nitrogens with one attached hydrogen (secondary N) is 2. The molecule has 0 bridgehead atoms. The number of aromatic nitrogens is 2. The van der Waals surface area contributed by atoms with Crippen LogP contribution in [0.1, 0.15) is 37.8 Å². The van der Waals surface area contributed by atoms with Gasteiger partial charge in [-0.1, -0.05) is 26.5 Å². The smallest absolute Gasteiger partial charge is 0.330 e. The molecule has 0 aliphatic carbocycles. The van der Waals surface area contributed by atoms with E-state index in [9.17, 15) is 14.0 Å². The maximum Gasteiger partial charge on any atom is 0.330 e. The maximum atomic E-state index is 14.9. The summed E-state index contributed by atoms with van der Waals surface area (Å²) in [4.78, 5) is 40.5. The number of amides is 3. The zero-order chi connectivity index (χ0) is 31.6. The number of rotatable bonds is 15. The van der Waals surface area contributed by atoms with E-state index >= 15 is 0 Å². The molecule has 0 fully saturated rings. The van der Waals surface area contributed by atoms with Gasteiger partial charge in [-0.15, -0.1) is 0 Å². The summed E-state index contributed by atoms with van der Waals surface area (Å²) in [6, 6.07) is 9.25. The van der Waals surface area contributed by atoms with E-state index in [1.807, 2.05) is 0 Å². The average Bonchev–Trinajstić information content (AvgIpc) is 3.04. The van der Waals surface area contributed by atoms with E-state index < -0.39 is 11.7 Å². The fourth-order valence-electron chi connectivity index (χ4n) is 4.92. The zero-order valence-electron chi connectivity index (χ0n) is 25.7. The van der Waals surface area contributed by atoms with Crippen LogP contribution in [0, 0.1) is 5.82 Å². The van der Waals surface area contributed by atoms with Crippen LogP contribution in [-0.4, -0.2) is 67.2 Å². The first-order chi connectivity index (χ1) is 21.3. The number of hydrogen-bond donors (Lipinski definition) is 2. The summed E-state index contributed by atoms with van der Waals surface area (Å²) in [5, 5.41) is 5.72. The van der Waals surface area contributed by atoms with Gasteiger partial charge < -0.3 is 25.0 Å². The van der Waals surface area contributed by atoms with Crippen LogP contribution >= 0.6 is 0 Å². The van der Waals surface area contributed by atoms with E-state index in [0.717, 1.165) is 38.6 Å². The molecule has 3 aromatic rings. The Balaban J connectivity index is 1.62. The first-order valence-corrected chi connectivity index (χ1v) is 14.7. The van der Waals surface area contributed by atoms with Gasteiger partial charge in [-0.3, -0.25) is 14.6 Å². The lowest BCUT2D eigenvalue weighted by Crippen LogP contribution is -2.47. The monoisotopic (exact) mass is 605 g/mol. The Morgan fingerprint density at radius 2 is 1.84 bits per heavy atom. The van der Waals surface area contributed by atoms with Gasteiger partial charge in [0.2, 0.25) is 11.9 Å². The summed E-state index contributed by atoms with van der Waals surface area (Å²) in [7, 11) is 3.08. The van der Waals surface area contributed by atoms with Crippen LogP contribution in [0.4, 0.5) is 32.3 Å². The molecule has 2 aromatic carbocycles. The normalized spacial score (nSPS) is 12.6. The van der Waals surface area contributed by atoms with E-state index in [1.54, 1.807) is 49.6 Å². The third kappa shape index (κ3) is 7.81. The Labute approximate surface area is 257 Å². The van der Waals surface area contributed by atoms with Crippen molar-refractivity contribution in [1.82, 2.24) is 14.9 Å². The van der Waals surface area contributed by atoms with Crippen LogP contribution in [0.3, 0.4) is 0 Å². The van der Waals surface area contributed by atoms with Crippen molar-refractivity contribution in [2.24, 2.45) is 0 Å². The first kappa shape index (κ1) is 32.2. The highest BCUT2D eigenvalue weighted by molar-refractivity contribution is 6.05. The van der Waals surface area contributed by atoms with Crippen LogP contribution in [0.25, 0.3) is 0 Å². The minimum absolute atomic E-state index is 0.0175. The van der Waals surface area contributed by atoms with Crippen molar-refractivity contribution in [2.75, 3.05) is 60.8 Å². The summed E-state index contributed by atoms with van der Waals surface area (Å²) >= 11 is 0. The Hall–Kier alpha value is -4.71. The average molecular weight is 606 g/mol. The molecule has 0 radical (unpaired) electrons. The molecule has 4 rings (SSSR count). The van der Waals surface area contributed by atoms with Crippen LogP contribution < -0.4 is 29.9 Å². The molecule has 0 spiro atoms. The molecule has 1 aliphatic heterocycles. The van der Waals surface area contributed by atoms with E-state index in [-0.39, 0.29) is 24.8 Å². The molecule has 2 heterocycles. The van der Waals surface area contributed by atoms with Gasteiger partial charge in [-0.05, 0) is 56.2 Å². The third-order valence-electron chi connectivity index (χ3n) is 7.43. The lowest BCUT2D eigenvalue weighted by Gasteiger charge is -2.36. The standard InChI is InChI=1S/C32H40FN7O4/c1-6-29(41)36-28-12-11-22(15-27(28)33)20-40-30-23(19-35-31(37-30)34-13-9-10-14-38(7-2)8-3)21-39(32(40)42)24-16-25(43-4)18-26(17-24)44-5/h6,11-12,15-19H,1,7-10,13-14,20-21H2,2-5H3,(H,36,41)(H,34,35,37). The van der Waals surface area contributed by atoms with Crippen LogP contribution in [0.5, 0.6) is 11.5 Å². The highest BCUT2D eigenvalue weighted by Crippen LogP contribution is 2.35. The number of fused-ring (bicyclic) bond motifs is 1. The van der Waals surface area contributed by atoms with Crippen LogP contribution in [0.15, 0.2) is 55.3 Å². The summed E-state index contributed by atoms with van der Waals surface area (Å²) < 4.78 is 25.8. The highest BCUT2D eigenvalue weighted by atomic mass is 19.1. The SMILES string of the molecule is C=CC(=O)Nc1ccc(CN2C(=O)N(c3cc(OC)cc(OC)c3)Cc3cnc(NCCCCN(CC)CC)nc32)cc1F. The van der Waals surface area contributed by atoms with Gasteiger partial charge in [-0.2, -0.15) is 4.98 Å². The van der Waals surface area contributed by atoms with Gasteiger partial charge in [0, 0.05) is 36.5 Å². The molecule has 0 unspecified atom stereocenters. The summed E-state index contributed by atoms with van der Waals surface area (Å²) in [5.74, 6) is 0.749. The minimum Gasteiger partial charge on any atom is -0.497 e. The van der Waals surface area contributed by atoms with Crippen LogP contribution in [-0.2, 0) is 17.9 Å². The zero-order valence-corrected chi connectivity index (χ0v) is 25.7. The predicted octanol–water partition coefficient (Wildman–Crippen LogP) is 5.44. The van der Waals surface area contributed by atoms with Crippen molar-refractivity contribution >= 4 is 35.1 Å². The van der Waals surface area contributed by atoms with Crippen molar-refractivity contribution in [3.63, 3.8) is 0 Å². The molecule has 11 nitrogen and oxygen atoms in total. The number of nitrogens with zero attached hydrogens (tertiary/aromatic N) is 5. The number of anilines is 4. The molecule has 12 heteroatoms. The molecular formula is C32H40FN7O4. The molecule has 0 saturated heterocycles. The summed E-state index contributed by atoms with van der Waals surface area (Å²) in [5.41, 5.74) is 1.80. The quantitative estimate of drug-likeness (QED) is 0.174. The van der Waals surface area contributed by atoms with E-state index in [4.69, 9.17) is 14.5 Å². The number of urea groups is 1. The molecule has 234 valence electrons. The molecule has 1 aliphatic rings. The topological polar surface area (TPSA) is 112 Å². The van der Waals surface area contributed by atoms with Crippen molar-refractivity contribution in [3.8, 4) is 11.5 Å². The van der Waals surface area contributed by atoms with Gasteiger partial charge in [-0.25, -0.2) is 14.2 Å². The van der Waals surface area contributed by atoms with Gasteiger partial charge in [0.1, 0.15) is 23.1 Å². The van der Waals surface area contributed by atoms with Gasteiger partial charge >= 0.3 is 6.03 Å². The number of halogens is 1. The fraction of sp³-hybridized carbons (Fsp3) is 0.375. The largest absolute Gasteiger partial charge is 0.497 e. The van der Waals surface area contributed by atoms with Crippen molar-refractivity contribution in [3.05, 3.63) is 72.2 Å². The first-order valence-electron chi connectivity index (χ1n) is 14.7. The summed E-state index contributed by atoms with van der Waals surface area (Å²) in [6.45, 7) is 11.7. The molecule has 2 N–H and O–H groups in total. The number of methoxy groups -OCH3 is 2. The molecule has 3 amide bonds. The number of carbonyl (C=O) groups is 2. The number of benzene rings is 2. The Kier molecular flexibility index (Phi) is 11.1. The number of ether oxygens (including phenoxy) is 2. The number of hydrogen-bond acceptors (Lipinski definition) is 8. The van der Waals surface area contributed by atoms with E-state index in [2.05, 4.69) is 40.9 Å². The molecule has 0 atom stereocenters. The lowest BCUT2D eigenvalue weighted by molar-refractivity contribution is -0.111. The second kappa shape index (κ2) is 15.1. The Morgan fingerprint density at radius 3 is 2.48 bits per heavy atom. The predicted molar refractivity (Wildman–Crippen MR) is 170 cm³/mol. The third-order valence-corrected chi connectivity index (χ3v) is 7.43. The Morgan fingerprint density at radius 1 is 1.11 bits per heavy atom. The second-order valence-corrected chi connectivity index (χ2v) is 10.2. The van der Waals surface area contributed by atoms with E-state index in [1.165, 1.54) is 17.0 Å². The van der Waals surface area contributed by atoms with Crippen LogP contribution in [0.2, 0.25) is 0 Å². The summed E-state index contributed by atoms with van der Waals surface area (Å²) in [6.07, 6.45) is 4.76. The van der Waals surface area contributed by atoms with Crippen molar-refractivity contribution in [1.29, 1.82) is 0 Å². The van der Waals surface area contributed by atoms with Gasteiger partial charge in [0.05, 0.1) is 38.7 Å².